The van der Waals surface area contributed by atoms with E-state index in [9.17, 15) is 9.59 Å². The number of carbonyl (C=O) groups excluding carboxylic acids is 1. The summed E-state index contributed by atoms with van der Waals surface area (Å²) in [6.45, 7) is 4.40. The molecule has 0 aromatic heterocycles. The predicted molar refractivity (Wildman–Crippen MR) is 57.5 cm³/mol. The third-order valence-corrected chi connectivity index (χ3v) is 3.04. The average molecular weight is 241 g/mol. The molecule has 0 spiro atoms. The van der Waals surface area contributed by atoms with E-state index in [1.807, 2.05) is 0 Å². The van der Waals surface area contributed by atoms with Crippen LogP contribution < -0.4 is 0 Å². The second-order valence-electron chi connectivity index (χ2n) is 4.28. The van der Waals surface area contributed by atoms with Gasteiger partial charge in [-0.3, -0.25) is 0 Å². The molecule has 94 valence electrons. The maximum Gasteiger partial charge on any atom is 0.410 e. The molecule has 17 heavy (non-hydrogen) atoms. The van der Waals surface area contributed by atoms with Crippen molar-refractivity contribution >= 4 is 12.1 Å². The lowest BCUT2D eigenvalue weighted by molar-refractivity contribution is -0.150. The van der Waals surface area contributed by atoms with E-state index in [-0.39, 0.29) is 18.6 Å². The van der Waals surface area contributed by atoms with Crippen LogP contribution in [-0.2, 0) is 14.3 Å². The zero-order chi connectivity index (χ0) is 12.4. The summed E-state index contributed by atoms with van der Waals surface area (Å²) in [5.41, 5.74) is 0. The van der Waals surface area contributed by atoms with Crippen LogP contribution >= 0.6 is 0 Å². The smallest absolute Gasteiger partial charge is 0.410 e. The Morgan fingerprint density at radius 2 is 2.29 bits per heavy atom. The molecule has 2 bridgehead atoms. The second kappa shape index (κ2) is 4.75. The molecule has 0 aliphatic carbocycles. The van der Waals surface area contributed by atoms with Crippen LogP contribution in [0.25, 0.3) is 0 Å². The Bertz CT molecular complexity index is 343. The molecule has 0 aromatic carbocycles. The highest BCUT2D eigenvalue weighted by atomic mass is 16.6. The van der Waals surface area contributed by atoms with E-state index in [1.54, 1.807) is 0 Å². The van der Waals surface area contributed by atoms with E-state index in [4.69, 9.17) is 14.6 Å². The van der Waals surface area contributed by atoms with Crippen molar-refractivity contribution in [1.82, 2.24) is 4.90 Å². The maximum atomic E-state index is 11.6. The van der Waals surface area contributed by atoms with Crippen molar-refractivity contribution < 1.29 is 24.2 Å². The van der Waals surface area contributed by atoms with E-state index in [0.29, 0.717) is 19.5 Å². The predicted octanol–water partition coefficient (Wildman–Crippen LogP) is 0.483. The first kappa shape index (κ1) is 11.9. The molecule has 0 radical (unpaired) electrons. The third kappa shape index (κ3) is 2.41. The SMILES string of the molecule is C=CCOC(=O)N1CC2CC(C1)C(C(=O)O)O2. The molecular weight excluding hydrogens is 226 g/mol. The van der Waals surface area contributed by atoms with E-state index < -0.39 is 18.2 Å². The van der Waals surface area contributed by atoms with Crippen LogP contribution in [0.4, 0.5) is 4.79 Å². The lowest BCUT2D eigenvalue weighted by Crippen LogP contribution is -2.44. The number of carboxylic acid groups (broad SMARTS) is 1. The summed E-state index contributed by atoms with van der Waals surface area (Å²) >= 11 is 0. The van der Waals surface area contributed by atoms with Crippen LogP contribution in [0, 0.1) is 5.92 Å². The number of amides is 1. The number of hydrogen-bond donors (Lipinski definition) is 1. The number of ether oxygens (including phenoxy) is 2. The van der Waals surface area contributed by atoms with E-state index in [2.05, 4.69) is 6.58 Å². The van der Waals surface area contributed by atoms with Gasteiger partial charge in [0.15, 0.2) is 6.10 Å². The van der Waals surface area contributed by atoms with E-state index >= 15 is 0 Å². The number of rotatable bonds is 3. The monoisotopic (exact) mass is 241 g/mol. The summed E-state index contributed by atoms with van der Waals surface area (Å²) in [6, 6.07) is 0. The normalized spacial score (nSPS) is 31.1. The summed E-state index contributed by atoms with van der Waals surface area (Å²) in [6.07, 6.45) is 0.771. The van der Waals surface area contributed by atoms with Crippen molar-refractivity contribution in [3.63, 3.8) is 0 Å². The molecule has 2 heterocycles. The summed E-state index contributed by atoms with van der Waals surface area (Å²) < 4.78 is 10.3. The average Bonchev–Trinajstić information content (AvgIpc) is 2.61. The van der Waals surface area contributed by atoms with Gasteiger partial charge >= 0.3 is 12.1 Å². The lowest BCUT2D eigenvalue weighted by atomic mass is 9.95. The largest absolute Gasteiger partial charge is 0.479 e. The fraction of sp³-hybridized carbons (Fsp3) is 0.636. The van der Waals surface area contributed by atoms with Gasteiger partial charge in [-0.2, -0.15) is 0 Å². The first-order valence-corrected chi connectivity index (χ1v) is 5.52. The van der Waals surface area contributed by atoms with Crippen molar-refractivity contribution in [2.75, 3.05) is 19.7 Å². The quantitative estimate of drug-likeness (QED) is 0.727. The minimum atomic E-state index is -0.959. The van der Waals surface area contributed by atoms with Crippen molar-refractivity contribution in [2.24, 2.45) is 5.92 Å². The standard InChI is InChI=1S/C11H15NO5/c1-2-3-16-11(15)12-5-7-4-8(6-12)17-9(7)10(13)14/h2,7-9H,1,3-6H2,(H,13,14). The van der Waals surface area contributed by atoms with Gasteiger partial charge in [-0.15, -0.1) is 0 Å². The number of carbonyl (C=O) groups is 2. The van der Waals surface area contributed by atoms with Crippen LogP contribution in [0.5, 0.6) is 0 Å². The Balaban J connectivity index is 1.95. The first-order chi connectivity index (χ1) is 8.11. The molecule has 2 saturated heterocycles. The molecule has 1 amide bonds. The number of carboxylic acids is 1. The van der Waals surface area contributed by atoms with Gasteiger partial charge in [-0.25, -0.2) is 9.59 Å². The molecule has 2 aliphatic heterocycles. The van der Waals surface area contributed by atoms with Gasteiger partial charge in [0.1, 0.15) is 6.61 Å². The van der Waals surface area contributed by atoms with Gasteiger partial charge in [-0.05, 0) is 6.42 Å². The fourth-order valence-electron chi connectivity index (χ4n) is 2.36. The van der Waals surface area contributed by atoms with Crippen LogP contribution in [0.15, 0.2) is 12.7 Å². The van der Waals surface area contributed by atoms with Gasteiger partial charge in [0.25, 0.3) is 0 Å². The number of piperidine rings is 1. The third-order valence-electron chi connectivity index (χ3n) is 3.04. The van der Waals surface area contributed by atoms with Gasteiger partial charge in [0, 0.05) is 12.5 Å². The summed E-state index contributed by atoms with van der Waals surface area (Å²) in [5, 5.41) is 8.95. The highest BCUT2D eigenvalue weighted by molar-refractivity contribution is 5.74. The summed E-state index contributed by atoms with van der Waals surface area (Å²) in [4.78, 5) is 24.0. The Labute approximate surface area is 98.8 Å². The molecule has 1 N–H and O–H groups in total. The molecule has 6 nitrogen and oxygen atoms in total. The minimum absolute atomic E-state index is 0.137. The zero-order valence-corrected chi connectivity index (χ0v) is 9.37. The van der Waals surface area contributed by atoms with E-state index in [0.717, 1.165) is 0 Å². The highest BCUT2D eigenvalue weighted by Crippen LogP contribution is 2.32. The molecule has 3 atom stereocenters. The Morgan fingerprint density at radius 1 is 1.53 bits per heavy atom. The molecule has 3 unspecified atom stereocenters. The molecular formula is C11H15NO5. The number of fused-ring (bicyclic) bond motifs is 2. The summed E-state index contributed by atoms with van der Waals surface area (Å²) in [7, 11) is 0. The topological polar surface area (TPSA) is 76.1 Å². The van der Waals surface area contributed by atoms with Crippen molar-refractivity contribution in [3.8, 4) is 0 Å². The molecule has 2 rings (SSSR count). The van der Waals surface area contributed by atoms with Gasteiger partial charge in [-0.1, -0.05) is 12.7 Å². The highest BCUT2D eigenvalue weighted by Gasteiger charge is 2.46. The number of aliphatic carboxylic acids is 1. The molecule has 6 heteroatoms. The fourth-order valence-corrected chi connectivity index (χ4v) is 2.36. The number of likely N-dealkylation sites (tertiary alicyclic amines) is 1. The molecule has 2 aliphatic rings. The Hall–Kier alpha value is -1.56. The molecule has 0 saturated carbocycles. The number of nitrogens with zero attached hydrogens (tertiary/aromatic N) is 1. The van der Waals surface area contributed by atoms with Gasteiger partial charge in [0.2, 0.25) is 0 Å². The van der Waals surface area contributed by atoms with Crippen LogP contribution in [0.3, 0.4) is 0 Å². The minimum Gasteiger partial charge on any atom is -0.479 e. The summed E-state index contributed by atoms with van der Waals surface area (Å²) in [5.74, 6) is -1.10. The second-order valence-corrected chi connectivity index (χ2v) is 4.28. The van der Waals surface area contributed by atoms with Crippen molar-refractivity contribution in [1.29, 1.82) is 0 Å². The van der Waals surface area contributed by atoms with E-state index in [1.165, 1.54) is 11.0 Å². The Morgan fingerprint density at radius 3 is 2.94 bits per heavy atom. The van der Waals surface area contributed by atoms with Crippen LogP contribution in [0.1, 0.15) is 6.42 Å². The van der Waals surface area contributed by atoms with Crippen LogP contribution in [-0.4, -0.2) is 54.0 Å². The van der Waals surface area contributed by atoms with Crippen molar-refractivity contribution in [2.45, 2.75) is 18.6 Å². The molecule has 0 aromatic rings. The number of hydrogen-bond acceptors (Lipinski definition) is 4. The van der Waals surface area contributed by atoms with Gasteiger partial charge < -0.3 is 19.5 Å². The van der Waals surface area contributed by atoms with Gasteiger partial charge in [0.05, 0.1) is 12.6 Å². The maximum absolute atomic E-state index is 11.6. The molecule has 2 fully saturated rings. The zero-order valence-electron chi connectivity index (χ0n) is 9.37. The van der Waals surface area contributed by atoms with Crippen molar-refractivity contribution in [3.05, 3.63) is 12.7 Å². The van der Waals surface area contributed by atoms with Crippen LogP contribution in [0.2, 0.25) is 0 Å². The Kier molecular flexibility index (Phi) is 3.33. The lowest BCUT2D eigenvalue weighted by Gasteiger charge is -2.29. The first-order valence-electron chi connectivity index (χ1n) is 5.52.